The van der Waals surface area contributed by atoms with E-state index < -0.39 is 0 Å². The van der Waals surface area contributed by atoms with E-state index in [2.05, 4.69) is 19.2 Å². The summed E-state index contributed by atoms with van der Waals surface area (Å²) in [6.45, 7) is 5.98. The Kier molecular flexibility index (Phi) is 5.72. The third kappa shape index (κ3) is 5.13. The molecule has 0 aliphatic heterocycles. The van der Waals surface area contributed by atoms with Crippen LogP contribution in [0.4, 0.5) is 0 Å². The van der Waals surface area contributed by atoms with E-state index in [1.54, 1.807) is 0 Å². The predicted octanol–water partition coefficient (Wildman–Crippen LogP) is 1.03. The van der Waals surface area contributed by atoms with Crippen LogP contribution >= 0.6 is 0 Å². The van der Waals surface area contributed by atoms with E-state index in [0.29, 0.717) is 12.5 Å². The summed E-state index contributed by atoms with van der Waals surface area (Å²) < 4.78 is 0. The first-order valence-electron chi connectivity index (χ1n) is 4.65. The summed E-state index contributed by atoms with van der Waals surface area (Å²) in [6.07, 6.45) is 2.40. The molecule has 72 valence electrons. The maximum absolute atomic E-state index is 11.2. The summed E-state index contributed by atoms with van der Waals surface area (Å²) in [4.78, 5) is 11.2. The second-order valence-electron chi connectivity index (χ2n) is 3.26. The third-order valence-corrected chi connectivity index (χ3v) is 1.86. The van der Waals surface area contributed by atoms with Crippen molar-refractivity contribution in [1.29, 1.82) is 0 Å². The quantitative estimate of drug-likeness (QED) is 0.650. The fourth-order valence-electron chi connectivity index (χ4n) is 1.07. The molecule has 0 spiro atoms. The predicted molar refractivity (Wildman–Crippen MR) is 50.8 cm³/mol. The normalized spacial score (nSPS) is 13.1. The smallest absolute Gasteiger partial charge is 0.221 e. The third-order valence-electron chi connectivity index (χ3n) is 1.86. The molecule has 1 atom stereocenters. The van der Waals surface area contributed by atoms with Crippen LogP contribution < -0.4 is 11.1 Å². The molecule has 0 aliphatic carbocycles. The van der Waals surface area contributed by atoms with Gasteiger partial charge in [-0.15, -0.1) is 0 Å². The lowest BCUT2D eigenvalue weighted by atomic mass is 10.1. The number of hydrogen-bond acceptors (Lipinski definition) is 2. The minimum Gasteiger partial charge on any atom is -0.353 e. The lowest BCUT2D eigenvalue weighted by Gasteiger charge is -2.15. The van der Waals surface area contributed by atoms with Crippen molar-refractivity contribution in [2.45, 2.75) is 52.1 Å². The Balaban J connectivity index is 3.66. The summed E-state index contributed by atoms with van der Waals surface area (Å²) in [5, 5.41) is 2.93. The Bertz CT molecular complexity index is 130. The van der Waals surface area contributed by atoms with Crippen molar-refractivity contribution in [3.63, 3.8) is 0 Å². The summed E-state index contributed by atoms with van der Waals surface area (Å²) in [5.41, 5.74) is 5.49. The number of nitrogens with one attached hydrogen (secondary N) is 1. The number of nitrogens with two attached hydrogens (primary N) is 1. The molecule has 0 radical (unpaired) electrons. The molecule has 0 aliphatic rings. The van der Waals surface area contributed by atoms with E-state index in [1.807, 2.05) is 6.92 Å². The van der Waals surface area contributed by atoms with Gasteiger partial charge in [-0.05, 0) is 19.8 Å². The topological polar surface area (TPSA) is 55.1 Å². The molecule has 0 rings (SSSR count). The number of rotatable bonds is 5. The van der Waals surface area contributed by atoms with Gasteiger partial charge in [-0.3, -0.25) is 4.79 Å². The van der Waals surface area contributed by atoms with Crippen LogP contribution in [0.25, 0.3) is 0 Å². The Morgan fingerprint density at radius 2 is 1.92 bits per heavy atom. The molecule has 0 saturated heterocycles. The highest BCUT2D eigenvalue weighted by Gasteiger charge is 2.09. The van der Waals surface area contributed by atoms with E-state index in [-0.39, 0.29) is 11.9 Å². The van der Waals surface area contributed by atoms with Gasteiger partial charge in [0.2, 0.25) is 5.91 Å². The fraction of sp³-hybridized carbons (Fsp3) is 0.889. The Morgan fingerprint density at radius 1 is 1.42 bits per heavy atom. The average Bonchev–Trinajstić information content (AvgIpc) is 1.98. The van der Waals surface area contributed by atoms with E-state index in [0.717, 1.165) is 12.8 Å². The molecule has 3 N–H and O–H groups in total. The van der Waals surface area contributed by atoms with Gasteiger partial charge in [0.25, 0.3) is 0 Å². The Hall–Kier alpha value is -0.570. The van der Waals surface area contributed by atoms with Crippen molar-refractivity contribution < 1.29 is 4.79 Å². The molecule has 0 saturated carbocycles. The maximum atomic E-state index is 11.2. The highest BCUT2D eigenvalue weighted by Crippen LogP contribution is 1.97. The van der Waals surface area contributed by atoms with Crippen molar-refractivity contribution >= 4 is 5.91 Å². The maximum Gasteiger partial charge on any atom is 0.221 e. The van der Waals surface area contributed by atoms with Crippen LogP contribution in [0, 0.1) is 0 Å². The van der Waals surface area contributed by atoms with Crippen molar-refractivity contribution in [1.82, 2.24) is 5.32 Å². The summed E-state index contributed by atoms with van der Waals surface area (Å²) in [6, 6.07) is 0.274. The molecule has 0 aromatic rings. The van der Waals surface area contributed by atoms with Crippen LogP contribution in [0.1, 0.15) is 40.0 Å². The molecule has 1 unspecified atom stereocenters. The van der Waals surface area contributed by atoms with Crippen LogP contribution in [0.3, 0.4) is 0 Å². The van der Waals surface area contributed by atoms with Gasteiger partial charge in [0, 0.05) is 18.5 Å². The minimum absolute atomic E-state index is 0.0423. The first-order chi connectivity index (χ1) is 5.60. The molecular formula is C9H20N2O. The van der Waals surface area contributed by atoms with Crippen molar-refractivity contribution in [2.24, 2.45) is 5.73 Å². The second kappa shape index (κ2) is 6.00. The molecule has 3 heteroatoms. The monoisotopic (exact) mass is 172 g/mol. The van der Waals surface area contributed by atoms with E-state index in [1.165, 1.54) is 0 Å². The molecule has 3 nitrogen and oxygen atoms in total. The summed E-state index contributed by atoms with van der Waals surface area (Å²) in [5.74, 6) is 0.0682. The lowest BCUT2D eigenvalue weighted by molar-refractivity contribution is -0.122. The molecular weight excluding hydrogens is 152 g/mol. The van der Waals surface area contributed by atoms with E-state index in [4.69, 9.17) is 5.73 Å². The van der Waals surface area contributed by atoms with E-state index in [9.17, 15) is 4.79 Å². The van der Waals surface area contributed by atoms with Crippen molar-refractivity contribution in [3.05, 3.63) is 0 Å². The van der Waals surface area contributed by atoms with Crippen LogP contribution in [-0.4, -0.2) is 18.0 Å². The van der Waals surface area contributed by atoms with Gasteiger partial charge in [0.05, 0.1) is 0 Å². The highest BCUT2D eigenvalue weighted by atomic mass is 16.1. The van der Waals surface area contributed by atoms with Crippen LogP contribution in [-0.2, 0) is 4.79 Å². The van der Waals surface area contributed by atoms with Gasteiger partial charge >= 0.3 is 0 Å². The molecule has 0 fully saturated rings. The Labute approximate surface area is 74.7 Å². The second-order valence-corrected chi connectivity index (χ2v) is 3.26. The number of carbonyl (C=O) groups is 1. The van der Waals surface area contributed by atoms with Gasteiger partial charge < -0.3 is 11.1 Å². The minimum atomic E-state index is -0.0423. The van der Waals surface area contributed by atoms with Crippen molar-refractivity contribution in [2.75, 3.05) is 0 Å². The largest absolute Gasteiger partial charge is 0.353 e. The Morgan fingerprint density at radius 3 is 2.25 bits per heavy atom. The van der Waals surface area contributed by atoms with Crippen LogP contribution in [0.2, 0.25) is 0 Å². The zero-order valence-corrected chi connectivity index (χ0v) is 8.26. The molecule has 0 bridgehead atoms. The number of hydrogen-bond donors (Lipinski definition) is 2. The van der Waals surface area contributed by atoms with Crippen LogP contribution in [0.5, 0.6) is 0 Å². The molecule has 12 heavy (non-hydrogen) atoms. The van der Waals surface area contributed by atoms with E-state index >= 15 is 0 Å². The van der Waals surface area contributed by atoms with Gasteiger partial charge in [-0.25, -0.2) is 0 Å². The standard InChI is InChI=1S/C9H20N2O/c1-4-8(5-2)11-9(12)6-7(3)10/h7-8H,4-6,10H2,1-3H3,(H,11,12). The highest BCUT2D eigenvalue weighted by molar-refractivity contribution is 5.76. The molecule has 1 amide bonds. The first kappa shape index (κ1) is 11.4. The van der Waals surface area contributed by atoms with Gasteiger partial charge in [0.15, 0.2) is 0 Å². The van der Waals surface area contributed by atoms with Gasteiger partial charge in [-0.1, -0.05) is 13.8 Å². The molecule has 0 heterocycles. The average molecular weight is 172 g/mol. The van der Waals surface area contributed by atoms with Gasteiger partial charge in [-0.2, -0.15) is 0 Å². The molecule has 0 aromatic heterocycles. The van der Waals surface area contributed by atoms with Crippen molar-refractivity contribution in [3.8, 4) is 0 Å². The number of amides is 1. The zero-order chi connectivity index (χ0) is 9.56. The number of carbonyl (C=O) groups excluding carboxylic acids is 1. The zero-order valence-electron chi connectivity index (χ0n) is 8.26. The molecule has 0 aromatic carbocycles. The summed E-state index contributed by atoms with van der Waals surface area (Å²) >= 11 is 0. The van der Waals surface area contributed by atoms with Crippen LogP contribution in [0.15, 0.2) is 0 Å². The van der Waals surface area contributed by atoms with Gasteiger partial charge in [0.1, 0.15) is 0 Å². The first-order valence-corrected chi connectivity index (χ1v) is 4.65. The fourth-order valence-corrected chi connectivity index (χ4v) is 1.07. The SMILES string of the molecule is CCC(CC)NC(=O)CC(C)N. The lowest BCUT2D eigenvalue weighted by Crippen LogP contribution is -2.36. The summed E-state index contributed by atoms with van der Waals surface area (Å²) in [7, 11) is 0.